The molecule has 1 heteroatoms. The molecule has 0 bridgehead atoms. The van der Waals surface area contributed by atoms with Crippen LogP contribution in [0, 0.1) is 0 Å². The number of nitrogens with zero attached hydrogens (tertiary/aromatic N) is 1. The van der Waals surface area contributed by atoms with E-state index in [-0.39, 0.29) is 0 Å². The summed E-state index contributed by atoms with van der Waals surface area (Å²) in [5.74, 6) is 0.469. The molecule has 0 amide bonds. The van der Waals surface area contributed by atoms with Gasteiger partial charge in [-0.2, -0.15) is 0 Å². The number of hydrogen-bond acceptors (Lipinski definition) is 1. The lowest BCUT2D eigenvalue weighted by Crippen LogP contribution is -2.09. The Bertz CT molecular complexity index is 1540. The van der Waals surface area contributed by atoms with Gasteiger partial charge in [-0.05, 0) is 70.6 Å². The first kappa shape index (κ1) is 24.5. The highest BCUT2D eigenvalue weighted by Gasteiger charge is 2.12. The van der Waals surface area contributed by atoms with Gasteiger partial charge in [0.15, 0.2) is 0 Å². The summed E-state index contributed by atoms with van der Waals surface area (Å²) in [7, 11) is 0. The minimum atomic E-state index is 0.469. The van der Waals surface area contributed by atoms with Crippen molar-refractivity contribution in [3.63, 3.8) is 0 Å². The van der Waals surface area contributed by atoms with Crippen LogP contribution in [0.2, 0.25) is 0 Å². The maximum Gasteiger partial charge on any atom is 0.0462 e. The summed E-state index contributed by atoms with van der Waals surface area (Å²) in [5, 5.41) is 0. The number of para-hydroxylation sites is 2. The average Bonchev–Trinajstić information content (AvgIpc) is 3.03. The van der Waals surface area contributed by atoms with E-state index in [0.717, 1.165) is 23.5 Å². The molecular weight excluding hydrogens is 470 g/mol. The monoisotopic (exact) mass is 501 g/mol. The molecule has 0 N–H and O–H groups in total. The molecule has 0 saturated heterocycles. The molecule has 1 atom stereocenters. The molecule has 6 rings (SSSR count). The van der Waals surface area contributed by atoms with E-state index in [4.69, 9.17) is 0 Å². The summed E-state index contributed by atoms with van der Waals surface area (Å²) in [4.78, 5) is 2.28. The van der Waals surface area contributed by atoms with Crippen LogP contribution < -0.4 is 4.90 Å². The zero-order chi connectivity index (χ0) is 26.3. The summed E-state index contributed by atoms with van der Waals surface area (Å²) < 4.78 is 0. The van der Waals surface area contributed by atoms with Gasteiger partial charge < -0.3 is 4.90 Å². The maximum atomic E-state index is 2.36. The predicted octanol–water partition coefficient (Wildman–Crippen LogP) is 10.5. The maximum absolute atomic E-state index is 2.36. The summed E-state index contributed by atoms with van der Waals surface area (Å²) in [5.41, 5.74) is 9.74. The number of allylic oxidation sites excluding steroid dienone is 4. The van der Waals surface area contributed by atoms with Crippen LogP contribution in [-0.2, 0) is 0 Å². The summed E-state index contributed by atoms with van der Waals surface area (Å²) in [6, 6.07) is 49.3. The van der Waals surface area contributed by atoms with Gasteiger partial charge in [-0.3, -0.25) is 0 Å². The molecule has 5 aromatic carbocycles. The van der Waals surface area contributed by atoms with Crippen LogP contribution >= 0.6 is 0 Å². The van der Waals surface area contributed by atoms with Crippen molar-refractivity contribution in [1.29, 1.82) is 0 Å². The fraction of sp³-hybridized carbons (Fsp3) is 0.0526. The third kappa shape index (κ3) is 5.84. The molecule has 1 aliphatic carbocycles. The topological polar surface area (TPSA) is 3.24 Å². The van der Waals surface area contributed by atoms with Crippen molar-refractivity contribution in [2.24, 2.45) is 0 Å². The van der Waals surface area contributed by atoms with Crippen LogP contribution in [-0.4, -0.2) is 0 Å². The molecule has 0 fully saturated rings. The number of benzene rings is 5. The van der Waals surface area contributed by atoms with Gasteiger partial charge in [0.25, 0.3) is 0 Å². The van der Waals surface area contributed by atoms with Crippen LogP contribution in [0.3, 0.4) is 0 Å². The Balaban J connectivity index is 1.14. The number of hydrogen-bond donors (Lipinski definition) is 0. The molecule has 0 aromatic heterocycles. The van der Waals surface area contributed by atoms with Crippen molar-refractivity contribution in [3.8, 4) is 0 Å². The molecule has 0 saturated carbocycles. The van der Waals surface area contributed by atoms with Gasteiger partial charge in [-0.1, -0.05) is 134 Å². The quantitative estimate of drug-likeness (QED) is 0.200. The fourth-order valence-electron chi connectivity index (χ4n) is 5.10. The first-order valence-electron chi connectivity index (χ1n) is 13.6. The highest BCUT2D eigenvalue weighted by Crippen LogP contribution is 2.34. The fourth-order valence-corrected chi connectivity index (χ4v) is 5.10. The van der Waals surface area contributed by atoms with E-state index in [1.54, 1.807) is 0 Å². The van der Waals surface area contributed by atoms with Gasteiger partial charge in [0.2, 0.25) is 0 Å². The van der Waals surface area contributed by atoms with Crippen LogP contribution in [0.15, 0.2) is 158 Å². The molecule has 0 radical (unpaired) electrons. The van der Waals surface area contributed by atoms with E-state index in [1.807, 2.05) is 0 Å². The second-order valence-electron chi connectivity index (χ2n) is 9.82. The third-order valence-electron chi connectivity index (χ3n) is 7.22. The molecular formula is C38H31N. The van der Waals surface area contributed by atoms with Crippen molar-refractivity contribution in [2.75, 3.05) is 4.90 Å². The SMILES string of the molecule is C1=CC(c2ccccc2)CC=C1c1ccc(/C=C/c2ccc(N(c3ccccc3)c3ccccc3)cc2)cc1. The van der Waals surface area contributed by atoms with E-state index >= 15 is 0 Å². The minimum absolute atomic E-state index is 0.469. The van der Waals surface area contributed by atoms with Gasteiger partial charge in [-0.15, -0.1) is 0 Å². The largest absolute Gasteiger partial charge is 0.311 e. The van der Waals surface area contributed by atoms with Crippen molar-refractivity contribution >= 4 is 34.8 Å². The van der Waals surface area contributed by atoms with Crippen molar-refractivity contribution in [3.05, 3.63) is 180 Å². The highest BCUT2D eigenvalue weighted by molar-refractivity contribution is 5.79. The first-order chi connectivity index (χ1) is 19.3. The van der Waals surface area contributed by atoms with Crippen LogP contribution in [0.25, 0.3) is 17.7 Å². The van der Waals surface area contributed by atoms with E-state index in [2.05, 4.69) is 175 Å². The summed E-state index contributed by atoms with van der Waals surface area (Å²) >= 11 is 0. The van der Waals surface area contributed by atoms with E-state index in [0.29, 0.717) is 5.92 Å². The summed E-state index contributed by atoms with van der Waals surface area (Å²) in [6.45, 7) is 0. The molecule has 0 aliphatic heterocycles. The smallest absolute Gasteiger partial charge is 0.0462 e. The Morgan fingerprint density at radius 1 is 0.513 bits per heavy atom. The lowest BCUT2D eigenvalue weighted by atomic mass is 9.88. The average molecular weight is 502 g/mol. The number of anilines is 3. The normalized spacial score (nSPS) is 14.8. The van der Waals surface area contributed by atoms with Gasteiger partial charge in [0.1, 0.15) is 0 Å². The third-order valence-corrected chi connectivity index (χ3v) is 7.22. The van der Waals surface area contributed by atoms with Gasteiger partial charge in [-0.25, -0.2) is 0 Å². The molecule has 0 spiro atoms. The lowest BCUT2D eigenvalue weighted by Gasteiger charge is -2.25. The lowest BCUT2D eigenvalue weighted by molar-refractivity contribution is 0.856. The molecule has 1 nitrogen and oxygen atoms in total. The molecule has 1 unspecified atom stereocenters. The first-order valence-corrected chi connectivity index (χ1v) is 13.6. The Hall–Kier alpha value is -4.88. The Kier molecular flexibility index (Phi) is 7.32. The Morgan fingerprint density at radius 2 is 1.00 bits per heavy atom. The summed E-state index contributed by atoms with van der Waals surface area (Å²) in [6.07, 6.45) is 12.4. The van der Waals surface area contributed by atoms with Crippen LogP contribution in [0.5, 0.6) is 0 Å². The zero-order valence-electron chi connectivity index (χ0n) is 21.9. The van der Waals surface area contributed by atoms with Gasteiger partial charge in [0.05, 0.1) is 0 Å². The van der Waals surface area contributed by atoms with Crippen molar-refractivity contribution in [2.45, 2.75) is 12.3 Å². The second kappa shape index (κ2) is 11.7. The van der Waals surface area contributed by atoms with E-state index in [9.17, 15) is 0 Å². The molecule has 188 valence electrons. The predicted molar refractivity (Wildman–Crippen MR) is 167 cm³/mol. The second-order valence-corrected chi connectivity index (χ2v) is 9.82. The molecule has 39 heavy (non-hydrogen) atoms. The Morgan fingerprint density at radius 3 is 1.51 bits per heavy atom. The minimum Gasteiger partial charge on any atom is -0.311 e. The molecule has 0 heterocycles. The molecule has 1 aliphatic rings. The van der Waals surface area contributed by atoms with Crippen LogP contribution in [0.4, 0.5) is 17.1 Å². The van der Waals surface area contributed by atoms with E-state index < -0.39 is 0 Å². The van der Waals surface area contributed by atoms with Crippen LogP contribution in [0.1, 0.15) is 34.6 Å². The highest BCUT2D eigenvalue weighted by atomic mass is 15.1. The van der Waals surface area contributed by atoms with Gasteiger partial charge >= 0.3 is 0 Å². The number of rotatable bonds is 7. The van der Waals surface area contributed by atoms with Gasteiger partial charge in [0, 0.05) is 23.0 Å². The standard InChI is InChI=1S/C38H31N/c1-4-10-32(11-5-1)34-24-26-35(27-25-34)33-22-18-30(19-23-33)16-17-31-20-28-38(29-21-31)39(36-12-6-2-7-13-36)37-14-8-3-9-15-37/h1-24,26-29,34H,25H2/b17-16+. The van der Waals surface area contributed by atoms with E-state index in [1.165, 1.54) is 27.8 Å². The zero-order valence-corrected chi connectivity index (χ0v) is 21.9. The Labute approximate surface area is 231 Å². The van der Waals surface area contributed by atoms with Crippen molar-refractivity contribution < 1.29 is 0 Å². The molecule has 5 aromatic rings. The van der Waals surface area contributed by atoms with Crippen molar-refractivity contribution in [1.82, 2.24) is 0 Å².